The average Bonchev–Trinajstić information content (AvgIpc) is 2.94. The van der Waals surface area contributed by atoms with Gasteiger partial charge < -0.3 is 27.4 Å². The molecule has 0 aromatic heterocycles. The van der Waals surface area contributed by atoms with Crippen molar-refractivity contribution in [1.82, 2.24) is 0 Å². The van der Waals surface area contributed by atoms with Crippen molar-refractivity contribution < 1.29 is 38.9 Å². The Kier molecular flexibility index (Phi) is 7.55. The van der Waals surface area contributed by atoms with E-state index in [2.05, 4.69) is 21.7 Å². The molecule has 0 saturated heterocycles. The first-order valence-electron chi connectivity index (χ1n) is 12.1. The summed E-state index contributed by atoms with van der Waals surface area (Å²) in [4.78, 5) is -1.03. The number of benzene rings is 5. The molecule has 0 aliphatic heterocycles. The smallest absolute Gasteiger partial charge is 0.295 e. The molecular weight excluding hydrogens is 623 g/mol. The number of hydrogen-bond donors (Lipinski definition) is 8. The van der Waals surface area contributed by atoms with Gasteiger partial charge in [-0.15, -0.1) is 0 Å². The first-order valence-corrected chi connectivity index (χ1v) is 16.4. The maximum Gasteiger partial charge on any atom is 0.295 e. The molecule has 9 N–H and O–H groups in total. The van der Waals surface area contributed by atoms with E-state index < -0.39 is 30.4 Å². The molecule has 0 aliphatic carbocycles. The number of hydrogen-bond acceptors (Lipinski definition) is 11. The van der Waals surface area contributed by atoms with Crippen LogP contribution in [-0.4, -0.2) is 38.9 Å². The molecule has 17 heteroatoms. The first-order chi connectivity index (χ1) is 20.1. The van der Waals surface area contributed by atoms with E-state index in [0.717, 1.165) is 0 Å². The highest BCUT2D eigenvalue weighted by Crippen LogP contribution is 2.35. The van der Waals surface area contributed by atoms with Gasteiger partial charge in [-0.2, -0.15) is 25.3 Å². The normalized spacial score (nSPS) is 12.3. The van der Waals surface area contributed by atoms with Gasteiger partial charge in [0.15, 0.2) is 0 Å². The van der Waals surface area contributed by atoms with Crippen LogP contribution in [0.4, 0.5) is 28.4 Å². The van der Waals surface area contributed by atoms with Gasteiger partial charge in [-0.1, -0.05) is 18.2 Å². The van der Waals surface area contributed by atoms with Crippen LogP contribution in [0.5, 0.6) is 0 Å². The Hall–Kier alpha value is -4.65. The summed E-state index contributed by atoms with van der Waals surface area (Å²) in [5, 5.41) is 1.31. The lowest BCUT2D eigenvalue weighted by Crippen LogP contribution is -2.12. The number of nitrogen functional groups attached to an aromatic ring is 1. The zero-order chi connectivity index (χ0) is 31.2. The third-order valence-corrected chi connectivity index (χ3v) is 9.04. The zero-order valence-electron chi connectivity index (χ0n) is 21.7. The lowest BCUT2D eigenvalue weighted by atomic mass is 10.1. The lowest BCUT2D eigenvalue weighted by Gasteiger charge is -2.18. The third kappa shape index (κ3) is 6.26. The fourth-order valence-electron chi connectivity index (χ4n) is 4.41. The lowest BCUT2D eigenvalue weighted by molar-refractivity contribution is 0.481. The Balaban J connectivity index is 1.50. The van der Waals surface area contributed by atoms with Gasteiger partial charge in [-0.05, 0) is 66.7 Å². The highest BCUT2D eigenvalue weighted by Gasteiger charge is 2.18. The van der Waals surface area contributed by atoms with Gasteiger partial charge in [0.1, 0.15) is 4.90 Å². The summed E-state index contributed by atoms with van der Waals surface area (Å²) in [5.74, 6) is 0. The van der Waals surface area contributed by atoms with E-state index in [1.165, 1.54) is 60.7 Å². The van der Waals surface area contributed by atoms with Crippen LogP contribution >= 0.6 is 0 Å². The molecule has 0 saturated carbocycles. The molecule has 5 aromatic rings. The van der Waals surface area contributed by atoms with Crippen molar-refractivity contribution in [3.05, 3.63) is 84.9 Å². The Morgan fingerprint density at radius 2 is 1.05 bits per heavy atom. The van der Waals surface area contributed by atoms with Crippen LogP contribution in [0.2, 0.25) is 0 Å². The standard InChI is InChI=1S/C26H23N5O9S3/c27-21-10-11-23(19-2-1-3-25(26(19)21)43(38,39)40)30-31-24-13-12-22(18-9-8-17(14-20(18)24)42(35,36)37)29-28-15-4-6-16(7-5-15)41(32,33)34/h1-14,28-31H,27H2,(H,32,33,34)(H,35,36,37)(H,38,39,40). The summed E-state index contributed by atoms with van der Waals surface area (Å²) in [6.07, 6.45) is 0. The van der Waals surface area contributed by atoms with E-state index in [9.17, 15) is 34.4 Å². The van der Waals surface area contributed by atoms with Crippen molar-refractivity contribution in [2.45, 2.75) is 14.7 Å². The molecule has 0 amide bonds. The summed E-state index contributed by atoms with van der Waals surface area (Å²) >= 11 is 0. The Morgan fingerprint density at radius 3 is 1.65 bits per heavy atom. The van der Waals surface area contributed by atoms with E-state index in [4.69, 9.17) is 10.3 Å². The van der Waals surface area contributed by atoms with Crippen molar-refractivity contribution in [3.8, 4) is 0 Å². The second-order valence-electron chi connectivity index (χ2n) is 9.20. The molecule has 14 nitrogen and oxygen atoms in total. The second kappa shape index (κ2) is 10.9. The SMILES string of the molecule is Nc1ccc(NNc2ccc(NNc3ccc(S(=O)(=O)O)cc3)c3ccc(S(=O)(=O)O)cc23)c2cccc(S(=O)(=O)O)c12. The molecule has 224 valence electrons. The summed E-state index contributed by atoms with van der Waals surface area (Å²) in [7, 11) is -13.5. The number of rotatable bonds is 9. The number of fused-ring (bicyclic) bond motifs is 2. The molecule has 0 radical (unpaired) electrons. The molecule has 5 rings (SSSR count). The van der Waals surface area contributed by atoms with Crippen LogP contribution in [0.25, 0.3) is 21.5 Å². The summed E-state index contributed by atoms with van der Waals surface area (Å²) in [6, 6.07) is 19.7. The molecule has 5 aromatic carbocycles. The summed E-state index contributed by atoms with van der Waals surface area (Å²) in [5.41, 5.74) is 19.6. The zero-order valence-corrected chi connectivity index (χ0v) is 24.1. The molecule has 0 bridgehead atoms. The Labute approximate surface area is 245 Å². The topological polar surface area (TPSA) is 237 Å². The number of anilines is 5. The predicted octanol–water partition coefficient (Wildman–Crippen LogP) is 4.19. The maximum atomic E-state index is 11.9. The minimum Gasteiger partial charge on any atom is -0.398 e. The van der Waals surface area contributed by atoms with Gasteiger partial charge in [0.05, 0.1) is 32.5 Å². The van der Waals surface area contributed by atoms with Crippen LogP contribution in [0.1, 0.15) is 0 Å². The minimum absolute atomic E-state index is 0.102. The molecular formula is C26H23N5O9S3. The molecule has 0 atom stereocenters. The van der Waals surface area contributed by atoms with Gasteiger partial charge in [0.25, 0.3) is 30.4 Å². The number of nitrogens with one attached hydrogen (secondary N) is 4. The van der Waals surface area contributed by atoms with Crippen LogP contribution in [0.15, 0.2) is 99.6 Å². The monoisotopic (exact) mass is 645 g/mol. The number of nitrogens with two attached hydrogens (primary N) is 1. The van der Waals surface area contributed by atoms with Gasteiger partial charge in [-0.25, -0.2) is 0 Å². The minimum atomic E-state index is -4.58. The highest BCUT2D eigenvalue weighted by molar-refractivity contribution is 7.86. The van der Waals surface area contributed by atoms with Crippen LogP contribution < -0.4 is 27.4 Å². The van der Waals surface area contributed by atoms with E-state index in [1.54, 1.807) is 24.3 Å². The van der Waals surface area contributed by atoms with Crippen LogP contribution in [0, 0.1) is 0 Å². The fraction of sp³-hybridized carbons (Fsp3) is 0. The van der Waals surface area contributed by atoms with Gasteiger partial charge in [-0.3, -0.25) is 13.7 Å². The van der Waals surface area contributed by atoms with E-state index in [1.807, 2.05) is 0 Å². The average molecular weight is 646 g/mol. The molecule has 0 heterocycles. The Morgan fingerprint density at radius 1 is 0.512 bits per heavy atom. The summed E-state index contributed by atoms with van der Waals surface area (Å²) in [6.45, 7) is 0. The van der Waals surface area contributed by atoms with Gasteiger partial charge in [0, 0.05) is 27.2 Å². The largest absolute Gasteiger partial charge is 0.398 e. The molecule has 43 heavy (non-hydrogen) atoms. The van der Waals surface area contributed by atoms with Crippen LogP contribution in [-0.2, 0) is 30.4 Å². The first kappa shape index (κ1) is 29.8. The second-order valence-corrected chi connectivity index (χ2v) is 13.4. The Bertz CT molecular complexity index is 2230. The third-order valence-electron chi connectivity index (χ3n) is 6.42. The molecule has 0 aliphatic rings. The molecule has 0 spiro atoms. The fourth-order valence-corrected chi connectivity index (χ4v) is 6.14. The number of hydrazine groups is 2. The quantitative estimate of drug-likeness (QED) is 0.0637. The van der Waals surface area contributed by atoms with Gasteiger partial charge in [0.2, 0.25) is 0 Å². The van der Waals surface area contributed by atoms with Gasteiger partial charge >= 0.3 is 0 Å². The van der Waals surface area contributed by atoms with Crippen molar-refractivity contribution >= 4 is 80.3 Å². The van der Waals surface area contributed by atoms with Crippen molar-refractivity contribution in [1.29, 1.82) is 0 Å². The van der Waals surface area contributed by atoms with E-state index >= 15 is 0 Å². The highest BCUT2D eigenvalue weighted by atomic mass is 32.2. The van der Waals surface area contributed by atoms with Crippen LogP contribution in [0.3, 0.4) is 0 Å². The summed E-state index contributed by atoms with van der Waals surface area (Å²) < 4.78 is 98.7. The van der Waals surface area contributed by atoms with E-state index in [0.29, 0.717) is 38.9 Å². The van der Waals surface area contributed by atoms with E-state index in [-0.39, 0.29) is 25.8 Å². The molecule has 0 fully saturated rings. The van der Waals surface area contributed by atoms with Crippen molar-refractivity contribution in [2.75, 3.05) is 27.4 Å². The maximum absolute atomic E-state index is 11.9. The van der Waals surface area contributed by atoms with Crippen molar-refractivity contribution in [3.63, 3.8) is 0 Å². The predicted molar refractivity (Wildman–Crippen MR) is 163 cm³/mol. The van der Waals surface area contributed by atoms with Crippen molar-refractivity contribution in [2.24, 2.45) is 0 Å². The molecule has 0 unspecified atom stereocenters.